The summed E-state index contributed by atoms with van der Waals surface area (Å²) in [7, 11) is 0. The van der Waals surface area contributed by atoms with Gasteiger partial charge in [0.25, 0.3) is 0 Å². The molecule has 1 aromatic carbocycles. The molecule has 1 heteroatoms. The van der Waals surface area contributed by atoms with Gasteiger partial charge in [-0.05, 0) is 31.9 Å². The molecule has 0 saturated carbocycles. The lowest BCUT2D eigenvalue weighted by atomic mass is 10.1. The maximum atomic E-state index is 2.50. The molecule has 0 aliphatic carbocycles. The van der Waals surface area contributed by atoms with Crippen LogP contribution in [-0.2, 0) is 13.1 Å². The molecule has 1 nitrogen and oxygen atoms in total. The van der Waals surface area contributed by atoms with E-state index in [1.807, 2.05) is 13.8 Å². The first-order valence-electron chi connectivity index (χ1n) is 5.99. The van der Waals surface area contributed by atoms with E-state index in [-0.39, 0.29) is 0 Å². The smallest absolute Gasteiger partial charge is 0.0243 e. The molecule has 0 atom stereocenters. The normalized spacial score (nSPS) is 14.8. The molecular weight excluding hydrogens is 182 g/mol. The fraction of sp³-hybridized carbons (Fsp3) is 0.571. The van der Waals surface area contributed by atoms with E-state index in [0.29, 0.717) is 6.04 Å². The Labute approximate surface area is 94.1 Å². The second-order valence-electron chi connectivity index (χ2n) is 4.27. The number of hydrogen-bond acceptors (Lipinski definition) is 1. The van der Waals surface area contributed by atoms with E-state index in [4.69, 9.17) is 0 Å². The summed E-state index contributed by atoms with van der Waals surface area (Å²) in [5, 5.41) is 0. The molecule has 84 valence electrons. The number of hydrogen-bond donors (Lipinski definition) is 0. The van der Waals surface area contributed by atoms with E-state index in [2.05, 4.69) is 43.9 Å². The van der Waals surface area contributed by atoms with Crippen LogP contribution in [0.25, 0.3) is 0 Å². The Morgan fingerprint density at radius 1 is 1.07 bits per heavy atom. The van der Waals surface area contributed by atoms with Gasteiger partial charge in [-0.3, -0.25) is 4.90 Å². The van der Waals surface area contributed by atoms with Crippen LogP contribution in [0.3, 0.4) is 0 Å². The van der Waals surface area contributed by atoms with Crippen molar-refractivity contribution in [2.24, 2.45) is 0 Å². The largest absolute Gasteiger partial charge is 0.292 e. The van der Waals surface area contributed by atoms with E-state index in [1.165, 1.54) is 16.7 Å². The summed E-state index contributed by atoms with van der Waals surface area (Å²) in [5.74, 6) is 0. The van der Waals surface area contributed by atoms with Crippen molar-refractivity contribution >= 4 is 0 Å². The monoisotopic (exact) mass is 205 g/mol. The second-order valence-corrected chi connectivity index (χ2v) is 4.27. The Morgan fingerprint density at radius 2 is 1.67 bits per heavy atom. The molecule has 1 aliphatic rings. The van der Waals surface area contributed by atoms with Crippen molar-refractivity contribution in [2.45, 2.75) is 53.8 Å². The minimum absolute atomic E-state index is 0.660. The minimum atomic E-state index is 0.660. The van der Waals surface area contributed by atoms with Gasteiger partial charge in [-0.15, -0.1) is 0 Å². The average molecular weight is 205 g/mol. The van der Waals surface area contributed by atoms with Crippen molar-refractivity contribution in [1.29, 1.82) is 0 Å². The Morgan fingerprint density at radius 3 is 2.27 bits per heavy atom. The molecule has 0 spiro atoms. The van der Waals surface area contributed by atoms with E-state index in [9.17, 15) is 0 Å². The number of aryl methyl sites for hydroxylation is 1. The zero-order valence-electron chi connectivity index (χ0n) is 10.7. The first kappa shape index (κ1) is 12.3. The molecular formula is C14H23N. The molecule has 0 amide bonds. The fourth-order valence-electron chi connectivity index (χ4n) is 1.91. The molecule has 0 unspecified atom stereocenters. The van der Waals surface area contributed by atoms with Gasteiger partial charge in [0.1, 0.15) is 0 Å². The van der Waals surface area contributed by atoms with E-state index in [1.54, 1.807) is 0 Å². The zero-order valence-corrected chi connectivity index (χ0v) is 10.7. The number of benzene rings is 1. The number of nitrogens with zero attached hydrogens (tertiary/aromatic N) is 1. The van der Waals surface area contributed by atoms with Gasteiger partial charge in [0.2, 0.25) is 0 Å². The standard InChI is InChI=1S/C12H17N.C2H6/c1-9(2)13-7-11-5-4-10(3)6-12(11)8-13;1-2/h4-6,9H,7-8H2,1-3H3;1-2H3. The Bertz CT molecular complexity index is 315. The highest BCUT2D eigenvalue weighted by Crippen LogP contribution is 2.24. The first-order valence-corrected chi connectivity index (χ1v) is 5.99. The molecule has 0 aromatic heterocycles. The maximum Gasteiger partial charge on any atom is 0.0243 e. The molecule has 1 aromatic rings. The van der Waals surface area contributed by atoms with Crippen molar-refractivity contribution in [2.75, 3.05) is 0 Å². The average Bonchev–Trinajstić information content (AvgIpc) is 2.63. The zero-order chi connectivity index (χ0) is 11.4. The number of fused-ring (bicyclic) bond motifs is 1. The van der Waals surface area contributed by atoms with Crippen LogP contribution in [0.5, 0.6) is 0 Å². The second kappa shape index (κ2) is 5.32. The molecule has 0 N–H and O–H groups in total. The van der Waals surface area contributed by atoms with Gasteiger partial charge in [-0.1, -0.05) is 37.6 Å². The summed E-state index contributed by atoms with van der Waals surface area (Å²) in [5.41, 5.74) is 4.41. The highest BCUT2D eigenvalue weighted by atomic mass is 15.2. The van der Waals surface area contributed by atoms with Gasteiger partial charge >= 0.3 is 0 Å². The lowest BCUT2D eigenvalue weighted by molar-refractivity contribution is 0.227. The molecule has 15 heavy (non-hydrogen) atoms. The van der Waals surface area contributed by atoms with Crippen LogP contribution in [-0.4, -0.2) is 10.9 Å². The fourth-order valence-corrected chi connectivity index (χ4v) is 1.91. The van der Waals surface area contributed by atoms with Crippen molar-refractivity contribution in [3.8, 4) is 0 Å². The van der Waals surface area contributed by atoms with Gasteiger partial charge in [0.05, 0.1) is 0 Å². The summed E-state index contributed by atoms with van der Waals surface area (Å²) in [4.78, 5) is 2.50. The third kappa shape index (κ3) is 2.82. The molecule has 0 radical (unpaired) electrons. The van der Waals surface area contributed by atoms with Gasteiger partial charge in [0, 0.05) is 19.1 Å². The summed E-state index contributed by atoms with van der Waals surface area (Å²) in [6.07, 6.45) is 0. The highest BCUT2D eigenvalue weighted by molar-refractivity contribution is 5.34. The van der Waals surface area contributed by atoms with E-state index in [0.717, 1.165) is 13.1 Å². The van der Waals surface area contributed by atoms with Crippen molar-refractivity contribution in [3.63, 3.8) is 0 Å². The predicted molar refractivity (Wildman–Crippen MR) is 66.9 cm³/mol. The third-order valence-corrected chi connectivity index (χ3v) is 2.84. The Kier molecular flexibility index (Phi) is 4.34. The molecule has 0 fully saturated rings. The van der Waals surface area contributed by atoms with Crippen LogP contribution < -0.4 is 0 Å². The topological polar surface area (TPSA) is 3.24 Å². The van der Waals surface area contributed by atoms with Crippen molar-refractivity contribution in [3.05, 3.63) is 34.9 Å². The van der Waals surface area contributed by atoms with E-state index >= 15 is 0 Å². The highest BCUT2D eigenvalue weighted by Gasteiger charge is 2.20. The summed E-state index contributed by atoms with van der Waals surface area (Å²) in [6, 6.07) is 7.46. The third-order valence-electron chi connectivity index (χ3n) is 2.84. The van der Waals surface area contributed by atoms with E-state index < -0.39 is 0 Å². The first-order chi connectivity index (χ1) is 7.16. The van der Waals surface area contributed by atoms with Gasteiger partial charge in [-0.25, -0.2) is 0 Å². The van der Waals surface area contributed by atoms with Crippen molar-refractivity contribution in [1.82, 2.24) is 4.90 Å². The molecule has 0 bridgehead atoms. The number of rotatable bonds is 1. The maximum absolute atomic E-state index is 2.50. The summed E-state index contributed by atoms with van der Waals surface area (Å²) >= 11 is 0. The van der Waals surface area contributed by atoms with Crippen LogP contribution in [0.15, 0.2) is 18.2 Å². The molecule has 0 saturated heterocycles. The van der Waals surface area contributed by atoms with Crippen LogP contribution in [0.1, 0.15) is 44.4 Å². The Hall–Kier alpha value is -0.820. The van der Waals surface area contributed by atoms with Crippen LogP contribution >= 0.6 is 0 Å². The lowest BCUT2D eigenvalue weighted by Gasteiger charge is -2.18. The van der Waals surface area contributed by atoms with Crippen LogP contribution in [0.2, 0.25) is 0 Å². The van der Waals surface area contributed by atoms with Crippen LogP contribution in [0.4, 0.5) is 0 Å². The minimum Gasteiger partial charge on any atom is -0.292 e. The van der Waals surface area contributed by atoms with Gasteiger partial charge in [-0.2, -0.15) is 0 Å². The summed E-state index contributed by atoms with van der Waals surface area (Å²) < 4.78 is 0. The van der Waals surface area contributed by atoms with Gasteiger partial charge < -0.3 is 0 Å². The summed E-state index contributed by atoms with van der Waals surface area (Å²) in [6.45, 7) is 13.0. The quantitative estimate of drug-likeness (QED) is 0.675. The SMILES string of the molecule is CC.Cc1ccc2c(c1)CN(C(C)C)C2. The van der Waals surface area contributed by atoms with Crippen LogP contribution in [0, 0.1) is 6.92 Å². The van der Waals surface area contributed by atoms with Gasteiger partial charge in [0.15, 0.2) is 0 Å². The lowest BCUT2D eigenvalue weighted by Crippen LogP contribution is -2.24. The Balaban J connectivity index is 0.000000531. The molecule has 2 rings (SSSR count). The van der Waals surface area contributed by atoms with Crippen molar-refractivity contribution < 1.29 is 0 Å². The molecule has 1 aliphatic heterocycles. The predicted octanol–water partition coefficient (Wildman–Crippen LogP) is 3.75. The molecule has 1 heterocycles.